The molecule has 2 amide bonds. The number of phenolic OH excluding ortho intramolecular Hbond substituents is 1. The molecule has 0 radical (unpaired) electrons. The topological polar surface area (TPSA) is 73.3 Å². The number of piperazine rings is 1. The molecule has 7 nitrogen and oxygen atoms in total. The lowest BCUT2D eigenvalue weighted by atomic mass is 10.1. The number of imide groups is 1. The smallest absolute Gasteiger partial charge is 0.263 e. The largest absolute Gasteiger partial charge is 0.504 e. The number of carbonyl (C=O) groups excluding carboxylic acids is 2. The molecule has 0 aliphatic carbocycles. The van der Waals surface area contributed by atoms with Crippen LogP contribution in [-0.4, -0.2) is 59.5 Å². The Hall–Kier alpha value is -3.55. The average Bonchev–Trinajstić information content (AvgIpc) is 3.13. The normalized spacial score (nSPS) is 15.9. The molecule has 0 saturated carbocycles. The maximum atomic E-state index is 13.4. The molecule has 0 bridgehead atoms. The van der Waals surface area contributed by atoms with E-state index in [1.807, 2.05) is 49.4 Å². The first-order chi connectivity index (χ1) is 17.5. The Morgan fingerprint density at radius 1 is 0.861 bits per heavy atom. The number of hydrogen-bond acceptors (Lipinski definition) is 6. The Bertz CT molecular complexity index is 1300. The van der Waals surface area contributed by atoms with Crippen molar-refractivity contribution < 1.29 is 19.4 Å². The number of ether oxygens (including phenoxy) is 1. The fraction of sp³-hybridized carbons (Fsp3) is 0.286. The van der Waals surface area contributed by atoms with E-state index in [0.717, 1.165) is 29.9 Å². The summed E-state index contributed by atoms with van der Waals surface area (Å²) < 4.78 is 5.51. The molecule has 2 aliphatic rings. The second kappa shape index (κ2) is 10.2. The van der Waals surface area contributed by atoms with Crippen molar-refractivity contribution in [3.63, 3.8) is 0 Å². The number of phenols is 1. The average molecular weight is 506 g/mol. The van der Waals surface area contributed by atoms with Gasteiger partial charge < -0.3 is 14.7 Å². The Labute approximate surface area is 215 Å². The van der Waals surface area contributed by atoms with Gasteiger partial charge in [-0.15, -0.1) is 0 Å². The molecule has 5 rings (SSSR count). The van der Waals surface area contributed by atoms with Gasteiger partial charge in [-0.05, 0) is 36.8 Å². The summed E-state index contributed by atoms with van der Waals surface area (Å²) >= 11 is 6.28. The molecule has 3 aromatic rings. The van der Waals surface area contributed by atoms with Crippen molar-refractivity contribution in [2.45, 2.75) is 20.0 Å². The lowest BCUT2D eigenvalue weighted by Gasteiger charge is -2.36. The summed E-state index contributed by atoms with van der Waals surface area (Å²) in [6.45, 7) is 6.05. The van der Waals surface area contributed by atoms with E-state index in [2.05, 4.69) is 9.80 Å². The van der Waals surface area contributed by atoms with Gasteiger partial charge in [-0.3, -0.25) is 19.4 Å². The second-order valence-electron chi connectivity index (χ2n) is 8.95. The Kier molecular flexibility index (Phi) is 6.85. The molecule has 2 heterocycles. The first-order valence-electron chi connectivity index (χ1n) is 12.1. The van der Waals surface area contributed by atoms with Crippen LogP contribution in [0.15, 0.2) is 60.7 Å². The van der Waals surface area contributed by atoms with Gasteiger partial charge in [-0.2, -0.15) is 0 Å². The summed E-state index contributed by atoms with van der Waals surface area (Å²) in [6, 6.07) is 18.3. The van der Waals surface area contributed by atoms with Crippen molar-refractivity contribution in [1.82, 2.24) is 9.80 Å². The van der Waals surface area contributed by atoms with Gasteiger partial charge in [0.15, 0.2) is 11.5 Å². The van der Waals surface area contributed by atoms with E-state index in [9.17, 15) is 14.7 Å². The standard InChI is InChI=1S/C28H28ClN3O4/c1-2-36-24-12-5-8-20(26(24)33)17-30-13-15-31(16-14-30)23-11-6-9-21-25(23)28(35)32(27(21)34)18-19-7-3-4-10-22(19)29/h3-12,33H,2,13-18H2,1H3. The van der Waals surface area contributed by atoms with Gasteiger partial charge in [-0.25, -0.2) is 0 Å². The van der Waals surface area contributed by atoms with Gasteiger partial charge >= 0.3 is 0 Å². The van der Waals surface area contributed by atoms with E-state index >= 15 is 0 Å². The number of carbonyl (C=O) groups is 2. The van der Waals surface area contributed by atoms with Crippen molar-refractivity contribution in [2.24, 2.45) is 0 Å². The van der Waals surface area contributed by atoms with Crippen molar-refractivity contribution in [3.05, 3.63) is 87.9 Å². The molecule has 2 aliphatic heterocycles. The molecular weight excluding hydrogens is 478 g/mol. The van der Waals surface area contributed by atoms with E-state index in [4.69, 9.17) is 16.3 Å². The van der Waals surface area contributed by atoms with Crippen molar-refractivity contribution in [1.29, 1.82) is 0 Å². The number of aromatic hydroxyl groups is 1. The number of rotatable bonds is 7. The van der Waals surface area contributed by atoms with Gasteiger partial charge in [0.2, 0.25) is 0 Å². The highest BCUT2D eigenvalue weighted by Crippen LogP contribution is 2.35. The zero-order valence-electron chi connectivity index (χ0n) is 20.1. The zero-order valence-corrected chi connectivity index (χ0v) is 20.9. The van der Waals surface area contributed by atoms with Crippen LogP contribution in [0, 0.1) is 0 Å². The maximum absolute atomic E-state index is 13.4. The Morgan fingerprint density at radius 3 is 2.33 bits per heavy atom. The molecular formula is C28H28ClN3O4. The predicted molar refractivity (Wildman–Crippen MR) is 139 cm³/mol. The van der Waals surface area contributed by atoms with Crippen LogP contribution in [0.3, 0.4) is 0 Å². The summed E-state index contributed by atoms with van der Waals surface area (Å²) in [7, 11) is 0. The van der Waals surface area contributed by atoms with E-state index in [1.54, 1.807) is 18.2 Å². The highest BCUT2D eigenvalue weighted by Gasteiger charge is 2.39. The van der Waals surface area contributed by atoms with Gasteiger partial charge in [0, 0.05) is 43.3 Å². The van der Waals surface area contributed by atoms with Crippen molar-refractivity contribution in [2.75, 3.05) is 37.7 Å². The second-order valence-corrected chi connectivity index (χ2v) is 9.35. The van der Waals surface area contributed by atoms with Gasteiger partial charge in [0.05, 0.1) is 30.0 Å². The van der Waals surface area contributed by atoms with Crippen LogP contribution in [-0.2, 0) is 13.1 Å². The van der Waals surface area contributed by atoms with E-state index < -0.39 is 0 Å². The number of hydrogen-bond donors (Lipinski definition) is 1. The monoisotopic (exact) mass is 505 g/mol. The number of para-hydroxylation sites is 1. The molecule has 8 heteroatoms. The lowest BCUT2D eigenvalue weighted by Crippen LogP contribution is -2.46. The number of amides is 2. The van der Waals surface area contributed by atoms with Crippen LogP contribution in [0.25, 0.3) is 0 Å². The van der Waals surface area contributed by atoms with Crippen LogP contribution in [0.4, 0.5) is 5.69 Å². The van der Waals surface area contributed by atoms with Crippen molar-refractivity contribution >= 4 is 29.1 Å². The molecule has 3 aromatic carbocycles. The van der Waals surface area contributed by atoms with E-state index in [0.29, 0.717) is 48.1 Å². The summed E-state index contributed by atoms with van der Waals surface area (Å²) in [4.78, 5) is 32.2. The Morgan fingerprint density at radius 2 is 1.58 bits per heavy atom. The number of benzene rings is 3. The minimum atomic E-state index is -0.292. The fourth-order valence-electron chi connectivity index (χ4n) is 4.87. The third-order valence-electron chi connectivity index (χ3n) is 6.75. The molecule has 0 atom stereocenters. The first kappa shape index (κ1) is 24.2. The summed E-state index contributed by atoms with van der Waals surface area (Å²) in [5.41, 5.74) is 3.24. The molecule has 1 fully saturated rings. The molecule has 1 N–H and O–H groups in total. The van der Waals surface area contributed by atoms with Gasteiger partial charge in [0.25, 0.3) is 11.8 Å². The van der Waals surface area contributed by atoms with E-state index in [-0.39, 0.29) is 24.1 Å². The fourth-order valence-corrected chi connectivity index (χ4v) is 5.07. The van der Waals surface area contributed by atoms with Crippen LogP contribution < -0.4 is 9.64 Å². The molecule has 0 aromatic heterocycles. The van der Waals surface area contributed by atoms with Gasteiger partial charge in [-0.1, -0.05) is 48.0 Å². The maximum Gasteiger partial charge on any atom is 0.263 e. The lowest BCUT2D eigenvalue weighted by molar-refractivity contribution is 0.0642. The molecule has 186 valence electrons. The number of nitrogens with zero attached hydrogens (tertiary/aromatic N) is 3. The first-order valence-corrected chi connectivity index (χ1v) is 12.5. The molecule has 1 saturated heterocycles. The third-order valence-corrected chi connectivity index (χ3v) is 7.12. The molecule has 0 spiro atoms. The summed E-state index contributed by atoms with van der Waals surface area (Å²) in [6.07, 6.45) is 0. The highest BCUT2D eigenvalue weighted by atomic mass is 35.5. The quantitative estimate of drug-likeness (QED) is 0.474. The molecule has 0 unspecified atom stereocenters. The number of anilines is 1. The predicted octanol–water partition coefficient (Wildman–Crippen LogP) is 4.56. The minimum absolute atomic E-state index is 0.142. The number of halogens is 1. The minimum Gasteiger partial charge on any atom is -0.504 e. The van der Waals surface area contributed by atoms with Gasteiger partial charge in [0.1, 0.15) is 0 Å². The third kappa shape index (κ3) is 4.52. The van der Waals surface area contributed by atoms with Crippen LogP contribution in [0.1, 0.15) is 38.8 Å². The summed E-state index contributed by atoms with van der Waals surface area (Å²) in [5, 5.41) is 11.1. The van der Waals surface area contributed by atoms with Crippen LogP contribution in [0.2, 0.25) is 5.02 Å². The molecule has 36 heavy (non-hydrogen) atoms. The van der Waals surface area contributed by atoms with Crippen molar-refractivity contribution in [3.8, 4) is 11.5 Å². The van der Waals surface area contributed by atoms with E-state index in [1.165, 1.54) is 4.90 Å². The Balaban J connectivity index is 1.30. The van der Waals surface area contributed by atoms with Crippen LogP contribution in [0.5, 0.6) is 11.5 Å². The SMILES string of the molecule is CCOc1cccc(CN2CCN(c3cccc4c3C(=O)N(Cc3ccccc3Cl)C4=O)CC2)c1O. The number of fused-ring (bicyclic) bond motifs is 1. The zero-order chi connectivity index (χ0) is 25.2. The van der Waals surface area contributed by atoms with Crippen LogP contribution >= 0.6 is 11.6 Å². The summed E-state index contributed by atoms with van der Waals surface area (Å²) in [5.74, 6) is 0.106. The highest BCUT2D eigenvalue weighted by molar-refractivity contribution is 6.31.